The van der Waals surface area contributed by atoms with Crippen molar-refractivity contribution in [2.45, 2.75) is 26.6 Å². The quantitative estimate of drug-likeness (QED) is 0.829. The Morgan fingerprint density at radius 1 is 1.19 bits per heavy atom. The van der Waals surface area contributed by atoms with Crippen LogP contribution in [-0.2, 0) is 16.1 Å². The summed E-state index contributed by atoms with van der Waals surface area (Å²) in [4.78, 5) is 12.1. The maximum absolute atomic E-state index is 12.1. The molecular formula is C17H20N2O2. The number of amides is 1. The van der Waals surface area contributed by atoms with Gasteiger partial charge in [0.2, 0.25) is 0 Å². The molecule has 0 saturated heterocycles. The molecule has 1 unspecified atom stereocenters. The molecule has 1 amide bonds. The summed E-state index contributed by atoms with van der Waals surface area (Å²) in [6.45, 7) is 4.02. The molecule has 2 rings (SSSR count). The first-order valence-corrected chi connectivity index (χ1v) is 6.89. The molecule has 1 atom stereocenters. The van der Waals surface area contributed by atoms with Gasteiger partial charge in [0.15, 0.2) is 0 Å². The lowest BCUT2D eigenvalue weighted by molar-refractivity contribution is -0.127. The number of anilines is 2. The average molecular weight is 284 g/mol. The molecule has 4 nitrogen and oxygen atoms in total. The Morgan fingerprint density at radius 2 is 1.90 bits per heavy atom. The molecular weight excluding hydrogens is 264 g/mol. The van der Waals surface area contributed by atoms with Crippen molar-refractivity contribution in [3.63, 3.8) is 0 Å². The zero-order valence-electron chi connectivity index (χ0n) is 12.3. The fraction of sp³-hybridized carbons (Fsp3) is 0.235. The highest BCUT2D eigenvalue weighted by atomic mass is 16.5. The maximum Gasteiger partial charge on any atom is 0.253 e. The third-order valence-electron chi connectivity index (χ3n) is 3.35. The van der Waals surface area contributed by atoms with Crippen LogP contribution in [0.4, 0.5) is 11.4 Å². The molecule has 0 bridgehead atoms. The van der Waals surface area contributed by atoms with Crippen LogP contribution in [0.3, 0.4) is 0 Å². The first kappa shape index (κ1) is 15.1. The van der Waals surface area contributed by atoms with Gasteiger partial charge in [-0.2, -0.15) is 0 Å². The summed E-state index contributed by atoms with van der Waals surface area (Å²) in [6, 6.07) is 15.2. The Bertz CT molecular complexity index is 611. The number of nitrogens with two attached hydrogens (primary N) is 1. The van der Waals surface area contributed by atoms with E-state index in [0.29, 0.717) is 12.3 Å². The van der Waals surface area contributed by atoms with Gasteiger partial charge >= 0.3 is 0 Å². The first-order valence-electron chi connectivity index (χ1n) is 6.89. The van der Waals surface area contributed by atoms with Crippen LogP contribution in [0.15, 0.2) is 48.5 Å². The van der Waals surface area contributed by atoms with E-state index in [4.69, 9.17) is 10.5 Å². The van der Waals surface area contributed by atoms with Crippen LogP contribution in [-0.4, -0.2) is 12.0 Å². The number of carbonyl (C=O) groups is 1. The monoisotopic (exact) mass is 284 g/mol. The lowest BCUT2D eigenvalue weighted by Gasteiger charge is -2.15. The summed E-state index contributed by atoms with van der Waals surface area (Å²) in [5.74, 6) is -0.181. The number of nitrogen functional groups attached to an aromatic ring is 1. The molecule has 3 N–H and O–H groups in total. The van der Waals surface area contributed by atoms with Gasteiger partial charge in [-0.25, -0.2) is 0 Å². The molecule has 0 aliphatic heterocycles. The van der Waals surface area contributed by atoms with E-state index in [1.54, 1.807) is 13.0 Å². The molecule has 2 aromatic carbocycles. The van der Waals surface area contributed by atoms with Crippen molar-refractivity contribution >= 4 is 17.3 Å². The van der Waals surface area contributed by atoms with Crippen molar-refractivity contribution in [3.8, 4) is 0 Å². The van der Waals surface area contributed by atoms with Gasteiger partial charge < -0.3 is 15.8 Å². The lowest BCUT2D eigenvalue weighted by Crippen LogP contribution is -2.28. The van der Waals surface area contributed by atoms with Crippen LogP contribution >= 0.6 is 0 Å². The Balaban J connectivity index is 1.92. The molecule has 0 aromatic heterocycles. The van der Waals surface area contributed by atoms with E-state index in [1.807, 2.05) is 49.4 Å². The van der Waals surface area contributed by atoms with Crippen molar-refractivity contribution in [2.75, 3.05) is 11.1 Å². The van der Waals surface area contributed by atoms with E-state index < -0.39 is 6.10 Å². The van der Waals surface area contributed by atoms with Crippen LogP contribution in [0.25, 0.3) is 0 Å². The number of nitrogens with one attached hydrogen (secondary N) is 1. The van der Waals surface area contributed by atoms with Gasteiger partial charge in [0, 0.05) is 11.4 Å². The summed E-state index contributed by atoms with van der Waals surface area (Å²) in [5, 5.41) is 2.84. The Labute approximate surface area is 124 Å². The normalized spacial score (nSPS) is 11.9. The fourth-order valence-corrected chi connectivity index (χ4v) is 1.89. The van der Waals surface area contributed by atoms with Gasteiger partial charge in [-0.1, -0.05) is 36.4 Å². The standard InChI is InChI=1S/C17H20N2O2/c1-12-15(18)9-6-10-16(12)19-17(20)13(2)21-11-14-7-4-3-5-8-14/h3-10,13H,11,18H2,1-2H3,(H,19,20). The summed E-state index contributed by atoms with van der Waals surface area (Å²) in [7, 11) is 0. The second kappa shape index (κ2) is 6.90. The van der Waals surface area contributed by atoms with E-state index in [2.05, 4.69) is 5.32 Å². The van der Waals surface area contributed by atoms with Crippen LogP contribution in [0.5, 0.6) is 0 Å². The second-order valence-corrected chi connectivity index (χ2v) is 4.95. The predicted octanol–water partition coefficient (Wildman–Crippen LogP) is 3.12. The van der Waals surface area contributed by atoms with E-state index in [1.165, 1.54) is 0 Å². The Morgan fingerprint density at radius 3 is 2.62 bits per heavy atom. The SMILES string of the molecule is Cc1c(N)cccc1NC(=O)C(C)OCc1ccccc1. The molecule has 110 valence electrons. The zero-order chi connectivity index (χ0) is 15.2. The predicted molar refractivity (Wildman–Crippen MR) is 84.9 cm³/mol. The van der Waals surface area contributed by atoms with Crippen LogP contribution in [0.1, 0.15) is 18.1 Å². The number of hydrogen-bond donors (Lipinski definition) is 2. The van der Waals surface area contributed by atoms with Gasteiger partial charge in [0.25, 0.3) is 5.91 Å². The van der Waals surface area contributed by atoms with Crippen molar-refractivity contribution in [3.05, 3.63) is 59.7 Å². The third kappa shape index (κ3) is 4.07. The number of benzene rings is 2. The Hall–Kier alpha value is -2.33. The van der Waals surface area contributed by atoms with Crippen molar-refractivity contribution in [1.82, 2.24) is 0 Å². The minimum absolute atomic E-state index is 0.181. The topological polar surface area (TPSA) is 64.3 Å². The summed E-state index contributed by atoms with van der Waals surface area (Å²) < 4.78 is 5.59. The highest BCUT2D eigenvalue weighted by Crippen LogP contribution is 2.20. The molecule has 4 heteroatoms. The third-order valence-corrected chi connectivity index (χ3v) is 3.35. The molecule has 0 heterocycles. The fourth-order valence-electron chi connectivity index (χ4n) is 1.89. The smallest absolute Gasteiger partial charge is 0.253 e. The van der Waals surface area contributed by atoms with E-state index in [-0.39, 0.29) is 5.91 Å². The summed E-state index contributed by atoms with van der Waals surface area (Å²) >= 11 is 0. The molecule has 0 saturated carbocycles. The van der Waals surface area contributed by atoms with Gasteiger partial charge in [-0.3, -0.25) is 4.79 Å². The van der Waals surface area contributed by atoms with Crippen molar-refractivity contribution in [1.29, 1.82) is 0 Å². The van der Waals surface area contributed by atoms with Crippen LogP contribution in [0.2, 0.25) is 0 Å². The Kier molecular flexibility index (Phi) is 4.95. The van der Waals surface area contributed by atoms with Crippen LogP contribution in [0, 0.1) is 6.92 Å². The van der Waals surface area contributed by atoms with Gasteiger partial charge in [-0.15, -0.1) is 0 Å². The lowest BCUT2D eigenvalue weighted by atomic mass is 10.1. The summed E-state index contributed by atoms with van der Waals surface area (Å²) in [5.41, 5.74) is 9.10. The second-order valence-electron chi connectivity index (χ2n) is 4.95. The average Bonchev–Trinajstić information content (AvgIpc) is 2.50. The van der Waals surface area contributed by atoms with E-state index in [9.17, 15) is 4.79 Å². The van der Waals surface area contributed by atoms with Gasteiger partial charge in [0.1, 0.15) is 6.10 Å². The largest absolute Gasteiger partial charge is 0.398 e. The van der Waals surface area contributed by atoms with Crippen molar-refractivity contribution in [2.24, 2.45) is 0 Å². The molecule has 0 aliphatic carbocycles. The van der Waals surface area contributed by atoms with E-state index in [0.717, 1.165) is 16.8 Å². The highest BCUT2D eigenvalue weighted by molar-refractivity contribution is 5.95. The molecule has 0 radical (unpaired) electrons. The number of rotatable bonds is 5. The zero-order valence-corrected chi connectivity index (χ0v) is 12.3. The molecule has 2 aromatic rings. The van der Waals surface area contributed by atoms with E-state index >= 15 is 0 Å². The summed E-state index contributed by atoms with van der Waals surface area (Å²) in [6.07, 6.45) is -0.536. The molecule has 0 spiro atoms. The maximum atomic E-state index is 12.1. The number of hydrogen-bond acceptors (Lipinski definition) is 3. The van der Waals surface area contributed by atoms with Crippen LogP contribution < -0.4 is 11.1 Å². The highest BCUT2D eigenvalue weighted by Gasteiger charge is 2.15. The van der Waals surface area contributed by atoms with Gasteiger partial charge in [0.05, 0.1) is 6.61 Å². The molecule has 21 heavy (non-hydrogen) atoms. The number of carbonyl (C=O) groups excluding carboxylic acids is 1. The van der Waals surface area contributed by atoms with Gasteiger partial charge in [-0.05, 0) is 37.1 Å². The molecule has 0 fully saturated rings. The number of ether oxygens (including phenoxy) is 1. The first-order chi connectivity index (χ1) is 10.1. The van der Waals surface area contributed by atoms with Crippen molar-refractivity contribution < 1.29 is 9.53 Å². The minimum Gasteiger partial charge on any atom is -0.398 e. The minimum atomic E-state index is -0.536. The molecule has 0 aliphatic rings.